The molecule has 0 saturated carbocycles. The Morgan fingerprint density at radius 2 is 2.40 bits per heavy atom. The van der Waals surface area contributed by atoms with Crippen molar-refractivity contribution in [3.63, 3.8) is 0 Å². The van der Waals surface area contributed by atoms with Gasteiger partial charge in [-0.3, -0.25) is 9.89 Å². The average molecular weight is 272 g/mol. The lowest BCUT2D eigenvalue weighted by atomic mass is 10.2. The molecule has 2 rings (SSSR count). The molecule has 1 aromatic rings. The summed E-state index contributed by atoms with van der Waals surface area (Å²) in [5.74, 6) is 0.0640. The van der Waals surface area contributed by atoms with E-state index in [1.807, 2.05) is 4.90 Å². The molecule has 0 radical (unpaired) electrons. The van der Waals surface area contributed by atoms with E-state index in [-0.39, 0.29) is 5.91 Å². The SMILES string of the molecule is O=C(c1ccn[nH]1)N1CCCC(Br)CC1. The van der Waals surface area contributed by atoms with E-state index in [9.17, 15) is 4.79 Å². The molecule has 2 heterocycles. The third-order valence-electron chi connectivity index (χ3n) is 2.68. The summed E-state index contributed by atoms with van der Waals surface area (Å²) >= 11 is 3.61. The summed E-state index contributed by atoms with van der Waals surface area (Å²) in [4.78, 5) is 14.4. The zero-order chi connectivity index (χ0) is 10.7. The molecule has 1 amide bonds. The third-order valence-corrected chi connectivity index (χ3v) is 3.59. The first-order chi connectivity index (χ1) is 7.27. The van der Waals surface area contributed by atoms with E-state index in [0.29, 0.717) is 10.5 Å². The van der Waals surface area contributed by atoms with Crippen molar-refractivity contribution in [2.75, 3.05) is 13.1 Å². The molecule has 15 heavy (non-hydrogen) atoms. The second-order valence-corrected chi connectivity index (χ2v) is 5.09. The van der Waals surface area contributed by atoms with Gasteiger partial charge in [-0.25, -0.2) is 0 Å². The van der Waals surface area contributed by atoms with Gasteiger partial charge in [0, 0.05) is 24.1 Å². The number of rotatable bonds is 1. The van der Waals surface area contributed by atoms with Gasteiger partial charge >= 0.3 is 0 Å². The molecule has 1 atom stereocenters. The van der Waals surface area contributed by atoms with Crippen molar-refractivity contribution in [1.29, 1.82) is 0 Å². The minimum atomic E-state index is 0.0640. The van der Waals surface area contributed by atoms with Crippen LogP contribution in [0.1, 0.15) is 29.8 Å². The standard InChI is InChI=1S/C10H14BrN3O/c11-8-2-1-6-14(7-4-8)10(15)9-3-5-12-13-9/h3,5,8H,1-2,4,6-7H2,(H,12,13). The average Bonchev–Trinajstić information content (AvgIpc) is 2.67. The fourth-order valence-corrected chi connectivity index (χ4v) is 2.33. The number of carbonyl (C=O) groups is 1. The number of hydrogen-bond acceptors (Lipinski definition) is 2. The highest BCUT2D eigenvalue weighted by atomic mass is 79.9. The molecular formula is C10H14BrN3O. The molecule has 82 valence electrons. The maximum Gasteiger partial charge on any atom is 0.271 e. The van der Waals surface area contributed by atoms with Crippen LogP contribution in [0.4, 0.5) is 0 Å². The van der Waals surface area contributed by atoms with Crippen molar-refractivity contribution in [2.24, 2.45) is 0 Å². The minimum Gasteiger partial charge on any atom is -0.337 e. The highest BCUT2D eigenvalue weighted by Crippen LogP contribution is 2.18. The highest BCUT2D eigenvalue weighted by molar-refractivity contribution is 9.09. The van der Waals surface area contributed by atoms with E-state index in [2.05, 4.69) is 26.1 Å². The number of aromatic amines is 1. The molecule has 5 heteroatoms. The third kappa shape index (κ3) is 2.59. The van der Waals surface area contributed by atoms with Gasteiger partial charge in [0.15, 0.2) is 0 Å². The molecule has 1 aliphatic heterocycles. The van der Waals surface area contributed by atoms with Crippen LogP contribution in [0.15, 0.2) is 12.3 Å². The van der Waals surface area contributed by atoms with Crippen molar-refractivity contribution in [1.82, 2.24) is 15.1 Å². The van der Waals surface area contributed by atoms with Gasteiger partial charge in [-0.2, -0.15) is 5.10 Å². The molecule has 0 bridgehead atoms. The Morgan fingerprint density at radius 3 is 3.13 bits per heavy atom. The van der Waals surface area contributed by atoms with Crippen LogP contribution in [0.3, 0.4) is 0 Å². The summed E-state index contributed by atoms with van der Waals surface area (Å²) in [6.07, 6.45) is 4.85. The number of alkyl halides is 1. The number of aromatic nitrogens is 2. The van der Waals surface area contributed by atoms with Crippen LogP contribution < -0.4 is 0 Å². The Bertz CT molecular complexity index is 325. The maximum atomic E-state index is 12.0. The molecule has 1 aliphatic rings. The second-order valence-electron chi connectivity index (χ2n) is 3.79. The lowest BCUT2D eigenvalue weighted by Gasteiger charge is -2.19. The van der Waals surface area contributed by atoms with Gasteiger partial charge < -0.3 is 4.90 Å². The molecule has 1 saturated heterocycles. The van der Waals surface area contributed by atoms with Gasteiger partial charge in [-0.15, -0.1) is 0 Å². The van der Waals surface area contributed by atoms with E-state index >= 15 is 0 Å². The molecule has 0 aliphatic carbocycles. The van der Waals surface area contributed by atoms with Crippen LogP contribution in [-0.2, 0) is 0 Å². The van der Waals surface area contributed by atoms with E-state index < -0.39 is 0 Å². The first-order valence-corrected chi connectivity index (χ1v) is 6.11. The molecule has 0 spiro atoms. The summed E-state index contributed by atoms with van der Waals surface area (Å²) in [6, 6.07) is 1.72. The quantitative estimate of drug-likeness (QED) is 0.792. The Morgan fingerprint density at radius 1 is 1.53 bits per heavy atom. The summed E-state index contributed by atoms with van der Waals surface area (Å²) in [5, 5.41) is 6.51. The predicted octanol–water partition coefficient (Wildman–Crippen LogP) is 1.80. The summed E-state index contributed by atoms with van der Waals surface area (Å²) in [7, 11) is 0. The monoisotopic (exact) mass is 271 g/mol. The number of nitrogens with zero attached hydrogens (tertiary/aromatic N) is 2. The van der Waals surface area contributed by atoms with Gasteiger partial charge in [0.2, 0.25) is 0 Å². The molecular weight excluding hydrogens is 258 g/mol. The topological polar surface area (TPSA) is 49.0 Å². The second kappa shape index (κ2) is 4.79. The number of halogens is 1. The van der Waals surface area contributed by atoms with Crippen molar-refractivity contribution < 1.29 is 4.79 Å². The van der Waals surface area contributed by atoms with Crippen LogP contribution >= 0.6 is 15.9 Å². The van der Waals surface area contributed by atoms with E-state index in [1.165, 1.54) is 0 Å². The number of nitrogens with one attached hydrogen (secondary N) is 1. The maximum absolute atomic E-state index is 12.0. The summed E-state index contributed by atoms with van der Waals surface area (Å²) in [6.45, 7) is 1.67. The van der Waals surface area contributed by atoms with Crippen LogP contribution in [0, 0.1) is 0 Å². The molecule has 4 nitrogen and oxygen atoms in total. The van der Waals surface area contributed by atoms with E-state index in [0.717, 1.165) is 32.4 Å². The minimum absolute atomic E-state index is 0.0640. The molecule has 1 aromatic heterocycles. The predicted molar refractivity (Wildman–Crippen MR) is 61.1 cm³/mol. The van der Waals surface area contributed by atoms with Crippen LogP contribution in [0.25, 0.3) is 0 Å². The number of hydrogen-bond donors (Lipinski definition) is 1. The molecule has 1 unspecified atom stereocenters. The highest BCUT2D eigenvalue weighted by Gasteiger charge is 2.20. The van der Waals surface area contributed by atoms with Gasteiger partial charge in [-0.1, -0.05) is 15.9 Å². The van der Waals surface area contributed by atoms with E-state index in [4.69, 9.17) is 0 Å². The Balaban J connectivity index is 2.01. The molecule has 1 fully saturated rings. The normalized spacial score (nSPS) is 22.5. The first-order valence-electron chi connectivity index (χ1n) is 5.20. The summed E-state index contributed by atoms with van der Waals surface area (Å²) < 4.78 is 0. The molecule has 0 aromatic carbocycles. The van der Waals surface area contributed by atoms with Gasteiger partial charge in [0.25, 0.3) is 5.91 Å². The van der Waals surface area contributed by atoms with Crippen molar-refractivity contribution in [2.45, 2.75) is 24.1 Å². The fourth-order valence-electron chi connectivity index (χ4n) is 1.80. The lowest BCUT2D eigenvalue weighted by Crippen LogP contribution is -2.32. The Kier molecular flexibility index (Phi) is 3.41. The van der Waals surface area contributed by atoms with Crippen LogP contribution in [0.2, 0.25) is 0 Å². The molecule has 1 N–H and O–H groups in total. The Labute approximate surface area is 97.2 Å². The summed E-state index contributed by atoms with van der Waals surface area (Å²) in [5.41, 5.74) is 0.586. The van der Waals surface area contributed by atoms with Crippen LogP contribution in [-0.4, -0.2) is 38.9 Å². The van der Waals surface area contributed by atoms with Gasteiger partial charge in [-0.05, 0) is 25.3 Å². The van der Waals surface area contributed by atoms with Crippen LogP contribution in [0.5, 0.6) is 0 Å². The van der Waals surface area contributed by atoms with Gasteiger partial charge in [0.05, 0.1) is 0 Å². The number of amides is 1. The number of H-pyrrole nitrogens is 1. The number of carbonyl (C=O) groups excluding carboxylic acids is 1. The van der Waals surface area contributed by atoms with Crippen molar-refractivity contribution in [3.8, 4) is 0 Å². The van der Waals surface area contributed by atoms with E-state index in [1.54, 1.807) is 12.3 Å². The lowest BCUT2D eigenvalue weighted by molar-refractivity contribution is 0.0756. The first kappa shape index (κ1) is 10.7. The fraction of sp³-hybridized carbons (Fsp3) is 0.600. The smallest absolute Gasteiger partial charge is 0.271 e. The zero-order valence-corrected chi connectivity index (χ0v) is 10.0. The van der Waals surface area contributed by atoms with Crippen molar-refractivity contribution >= 4 is 21.8 Å². The Hall–Kier alpha value is -0.840. The van der Waals surface area contributed by atoms with Gasteiger partial charge in [0.1, 0.15) is 5.69 Å². The largest absolute Gasteiger partial charge is 0.337 e. The number of likely N-dealkylation sites (tertiary alicyclic amines) is 1. The van der Waals surface area contributed by atoms with Crippen molar-refractivity contribution in [3.05, 3.63) is 18.0 Å². The zero-order valence-electron chi connectivity index (χ0n) is 8.45.